The normalized spacial score (nSPS) is 11.6. The van der Waals surface area contributed by atoms with E-state index >= 15 is 0 Å². The first-order valence-electron chi connectivity index (χ1n) is 4.42. The molecule has 2 aromatic rings. The molecule has 2 rings (SSSR count). The lowest BCUT2D eigenvalue weighted by Gasteiger charge is -2.05. The van der Waals surface area contributed by atoms with Crippen molar-refractivity contribution < 1.29 is 8.42 Å². The molecule has 0 saturated heterocycles. The number of nitrogens with zero attached hydrogens (tertiary/aromatic N) is 3. The fourth-order valence-electron chi connectivity index (χ4n) is 1.36. The second kappa shape index (κ2) is 4.23. The van der Waals surface area contributed by atoms with Gasteiger partial charge in [0.2, 0.25) is 0 Å². The Hall–Kier alpha value is -1.40. The summed E-state index contributed by atoms with van der Waals surface area (Å²) in [5.74, 6) is 0. The topological polar surface area (TPSA) is 64.8 Å². The zero-order valence-electron chi connectivity index (χ0n) is 8.12. The number of rotatable bonds is 3. The molecular formula is C9H8ClN3O2S. The number of aromatic nitrogens is 3. The van der Waals surface area contributed by atoms with E-state index in [1.165, 1.54) is 23.4 Å². The van der Waals surface area contributed by atoms with Gasteiger partial charge in [0.15, 0.2) is 0 Å². The standard InChI is InChI=1S/C9H8ClN3O2S/c10-16(14,15)9-4-2-1-3-8(9)5-13-7-11-6-12-13/h1-4,6-7H,5H2. The van der Waals surface area contributed by atoms with Crippen LogP contribution in [0.25, 0.3) is 0 Å². The first-order chi connectivity index (χ1) is 7.57. The van der Waals surface area contributed by atoms with Crippen LogP contribution in [0.2, 0.25) is 0 Å². The highest BCUT2D eigenvalue weighted by molar-refractivity contribution is 8.13. The predicted molar refractivity (Wildman–Crippen MR) is 58.6 cm³/mol. The predicted octanol–water partition coefficient (Wildman–Crippen LogP) is 1.25. The third-order valence-electron chi connectivity index (χ3n) is 2.03. The summed E-state index contributed by atoms with van der Waals surface area (Å²) in [6, 6.07) is 6.53. The Kier molecular flexibility index (Phi) is 2.93. The molecule has 5 nitrogen and oxygen atoms in total. The monoisotopic (exact) mass is 257 g/mol. The number of hydrogen-bond donors (Lipinski definition) is 0. The van der Waals surface area contributed by atoms with Gasteiger partial charge in [0.05, 0.1) is 11.4 Å². The second-order valence-corrected chi connectivity index (χ2v) is 5.67. The van der Waals surface area contributed by atoms with Gasteiger partial charge in [0.25, 0.3) is 9.05 Å². The van der Waals surface area contributed by atoms with E-state index in [-0.39, 0.29) is 4.90 Å². The van der Waals surface area contributed by atoms with E-state index in [1.54, 1.807) is 18.2 Å². The molecule has 1 aromatic heterocycles. The van der Waals surface area contributed by atoms with Crippen molar-refractivity contribution in [3.05, 3.63) is 42.5 Å². The van der Waals surface area contributed by atoms with E-state index in [1.807, 2.05) is 0 Å². The number of benzene rings is 1. The van der Waals surface area contributed by atoms with Crippen LogP contribution in [0, 0.1) is 0 Å². The lowest BCUT2D eigenvalue weighted by atomic mass is 10.2. The molecule has 1 heterocycles. The molecule has 0 bridgehead atoms. The van der Waals surface area contributed by atoms with Crippen molar-refractivity contribution in [2.24, 2.45) is 0 Å². The Morgan fingerprint density at radius 2 is 2.06 bits per heavy atom. The minimum Gasteiger partial charge on any atom is -0.249 e. The smallest absolute Gasteiger partial charge is 0.249 e. The Labute approximate surface area is 97.1 Å². The molecule has 0 aliphatic rings. The molecule has 0 aliphatic carbocycles. The van der Waals surface area contributed by atoms with Gasteiger partial charge < -0.3 is 0 Å². The van der Waals surface area contributed by atoms with Crippen molar-refractivity contribution in [3.63, 3.8) is 0 Å². The number of halogens is 1. The van der Waals surface area contributed by atoms with E-state index in [4.69, 9.17) is 10.7 Å². The Balaban J connectivity index is 2.42. The van der Waals surface area contributed by atoms with Gasteiger partial charge in [-0.1, -0.05) is 18.2 Å². The Morgan fingerprint density at radius 1 is 1.31 bits per heavy atom. The fraction of sp³-hybridized carbons (Fsp3) is 0.111. The van der Waals surface area contributed by atoms with Crippen LogP contribution in [0.1, 0.15) is 5.56 Å². The summed E-state index contributed by atoms with van der Waals surface area (Å²) in [6.07, 6.45) is 2.90. The molecule has 0 atom stereocenters. The summed E-state index contributed by atoms with van der Waals surface area (Å²) in [6.45, 7) is 0.322. The molecule has 0 spiro atoms. The van der Waals surface area contributed by atoms with Gasteiger partial charge in [-0.25, -0.2) is 18.1 Å². The minimum absolute atomic E-state index is 0.104. The van der Waals surface area contributed by atoms with Crippen molar-refractivity contribution in [2.45, 2.75) is 11.4 Å². The maximum atomic E-state index is 11.3. The van der Waals surface area contributed by atoms with Crippen molar-refractivity contribution in [2.75, 3.05) is 0 Å². The van der Waals surface area contributed by atoms with Crippen LogP contribution in [-0.4, -0.2) is 23.2 Å². The fourth-order valence-corrected chi connectivity index (χ4v) is 2.50. The van der Waals surface area contributed by atoms with E-state index in [0.717, 1.165) is 0 Å². The van der Waals surface area contributed by atoms with E-state index in [2.05, 4.69) is 10.1 Å². The summed E-state index contributed by atoms with van der Waals surface area (Å²) < 4.78 is 24.1. The molecule has 1 aromatic carbocycles. The van der Waals surface area contributed by atoms with Crippen LogP contribution in [0.15, 0.2) is 41.8 Å². The van der Waals surface area contributed by atoms with Crippen LogP contribution < -0.4 is 0 Å². The van der Waals surface area contributed by atoms with Crippen molar-refractivity contribution >= 4 is 19.7 Å². The molecule has 0 fully saturated rings. The van der Waals surface area contributed by atoms with E-state index < -0.39 is 9.05 Å². The van der Waals surface area contributed by atoms with Crippen molar-refractivity contribution in [1.82, 2.24) is 14.8 Å². The zero-order valence-corrected chi connectivity index (χ0v) is 9.69. The highest BCUT2D eigenvalue weighted by atomic mass is 35.7. The summed E-state index contributed by atoms with van der Waals surface area (Å²) in [5.41, 5.74) is 0.586. The zero-order chi connectivity index (χ0) is 11.6. The average Bonchev–Trinajstić information content (AvgIpc) is 2.70. The summed E-state index contributed by atoms with van der Waals surface area (Å²) in [5, 5.41) is 3.90. The SMILES string of the molecule is O=S(=O)(Cl)c1ccccc1Cn1cncn1. The van der Waals surface area contributed by atoms with Gasteiger partial charge >= 0.3 is 0 Å². The lowest BCUT2D eigenvalue weighted by Crippen LogP contribution is -2.04. The van der Waals surface area contributed by atoms with Gasteiger partial charge in [-0.3, -0.25) is 0 Å². The summed E-state index contributed by atoms with van der Waals surface area (Å²) >= 11 is 0. The highest BCUT2D eigenvalue weighted by Gasteiger charge is 2.14. The molecule has 7 heteroatoms. The van der Waals surface area contributed by atoms with Crippen LogP contribution in [-0.2, 0) is 15.6 Å². The molecule has 0 radical (unpaired) electrons. The minimum atomic E-state index is -3.73. The van der Waals surface area contributed by atoms with Gasteiger partial charge in [0, 0.05) is 10.7 Å². The maximum Gasteiger partial charge on any atom is 0.261 e. The lowest BCUT2D eigenvalue weighted by molar-refractivity contribution is 0.605. The summed E-state index contributed by atoms with van der Waals surface area (Å²) in [7, 11) is 1.60. The molecular weight excluding hydrogens is 250 g/mol. The van der Waals surface area contributed by atoms with Gasteiger partial charge in [-0.15, -0.1) is 0 Å². The average molecular weight is 258 g/mol. The molecule has 0 amide bonds. The van der Waals surface area contributed by atoms with Crippen molar-refractivity contribution in [3.8, 4) is 0 Å². The largest absolute Gasteiger partial charge is 0.261 e. The third-order valence-corrected chi connectivity index (χ3v) is 3.46. The quantitative estimate of drug-likeness (QED) is 0.777. The number of hydrogen-bond acceptors (Lipinski definition) is 4. The summed E-state index contributed by atoms with van der Waals surface area (Å²) in [4.78, 5) is 3.88. The molecule has 0 N–H and O–H groups in total. The molecule has 0 unspecified atom stereocenters. The van der Waals surface area contributed by atoms with Crippen LogP contribution in [0.5, 0.6) is 0 Å². The Morgan fingerprint density at radius 3 is 2.69 bits per heavy atom. The van der Waals surface area contributed by atoms with E-state index in [0.29, 0.717) is 12.1 Å². The van der Waals surface area contributed by atoms with Crippen LogP contribution in [0.3, 0.4) is 0 Å². The Bertz CT molecular complexity index is 581. The first kappa shape index (κ1) is 11.1. The highest BCUT2D eigenvalue weighted by Crippen LogP contribution is 2.20. The first-order valence-corrected chi connectivity index (χ1v) is 6.73. The second-order valence-electron chi connectivity index (χ2n) is 3.14. The van der Waals surface area contributed by atoms with Gasteiger partial charge in [-0.2, -0.15) is 5.10 Å². The van der Waals surface area contributed by atoms with Gasteiger partial charge in [-0.05, 0) is 11.6 Å². The maximum absolute atomic E-state index is 11.3. The third kappa shape index (κ3) is 2.40. The van der Waals surface area contributed by atoms with E-state index in [9.17, 15) is 8.42 Å². The molecule has 0 aliphatic heterocycles. The molecule has 84 valence electrons. The van der Waals surface area contributed by atoms with Crippen molar-refractivity contribution in [1.29, 1.82) is 0 Å². The van der Waals surface area contributed by atoms with Gasteiger partial charge in [0.1, 0.15) is 12.7 Å². The van der Waals surface area contributed by atoms with Crippen LogP contribution in [0.4, 0.5) is 0 Å². The van der Waals surface area contributed by atoms with Crippen LogP contribution >= 0.6 is 10.7 Å². The molecule has 16 heavy (non-hydrogen) atoms. The molecule has 0 saturated carbocycles.